The molecule has 1 amide bonds. The highest BCUT2D eigenvalue weighted by Crippen LogP contribution is 2.15. The summed E-state index contributed by atoms with van der Waals surface area (Å²) >= 11 is 0. The van der Waals surface area contributed by atoms with Crippen molar-refractivity contribution in [2.45, 2.75) is 6.42 Å². The van der Waals surface area contributed by atoms with E-state index in [4.69, 9.17) is 4.74 Å². The van der Waals surface area contributed by atoms with E-state index >= 15 is 0 Å². The molecule has 0 aromatic heterocycles. The first-order valence-corrected chi connectivity index (χ1v) is 7.00. The lowest BCUT2D eigenvalue weighted by molar-refractivity contribution is -0.115. The van der Waals surface area contributed by atoms with Crippen LogP contribution in [0.4, 0.5) is 5.69 Å². The van der Waals surface area contributed by atoms with Crippen LogP contribution in [-0.4, -0.2) is 51.1 Å². The predicted octanol–water partition coefficient (Wildman–Crippen LogP) is 1.17. The Hall–Kier alpha value is -1.59. The number of methoxy groups -OCH3 is 1. The second-order valence-corrected chi connectivity index (χ2v) is 5.32. The zero-order valence-corrected chi connectivity index (χ0v) is 12.2. The van der Waals surface area contributed by atoms with Gasteiger partial charge in [-0.1, -0.05) is 0 Å². The Labute approximate surface area is 120 Å². The van der Waals surface area contributed by atoms with Gasteiger partial charge in [0.15, 0.2) is 0 Å². The number of amides is 1. The fourth-order valence-electron chi connectivity index (χ4n) is 2.46. The Morgan fingerprint density at radius 3 is 2.75 bits per heavy atom. The van der Waals surface area contributed by atoms with Crippen molar-refractivity contribution in [1.82, 2.24) is 10.2 Å². The summed E-state index contributed by atoms with van der Waals surface area (Å²) in [7, 11) is 3.76. The molecule has 1 aliphatic heterocycles. The average Bonchev–Trinajstić information content (AvgIpc) is 2.85. The molecule has 1 saturated heterocycles. The summed E-state index contributed by atoms with van der Waals surface area (Å²) in [6.07, 6.45) is 1.21. The number of benzene rings is 1. The molecule has 2 N–H and O–H groups in total. The van der Waals surface area contributed by atoms with Crippen molar-refractivity contribution in [2.24, 2.45) is 5.92 Å². The quantitative estimate of drug-likeness (QED) is 0.820. The van der Waals surface area contributed by atoms with Crippen LogP contribution in [0.5, 0.6) is 5.75 Å². The van der Waals surface area contributed by atoms with Gasteiger partial charge in [-0.25, -0.2) is 0 Å². The van der Waals surface area contributed by atoms with Crippen LogP contribution >= 0.6 is 0 Å². The summed E-state index contributed by atoms with van der Waals surface area (Å²) in [6.45, 7) is 3.53. The number of ether oxygens (including phenoxy) is 1. The van der Waals surface area contributed by atoms with Gasteiger partial charge in [0.25, 0.3) is 0 Å². The first-order valence-electron chi connectivity index (χ1n) is 7.00. The zero-order valence-electron chi connectivity index (χ0n) is 12.2. The molecule has 0 aliphatic carbocycles. The van der Waals surface area contributed by atoms with E-state index < -0.39 is 0 Å². The summed E-state index contributed by atoms with van der Waals surface area (Å²) in [5.74, 6) is 1.43. The van der Waals surface area contributed by atoms with Crippen molar-refractivity contribution < 1.29 is 9.53 Å². The van der Waals surface area contributed by atoms with E-state index in [9.17, 15) is 4.79 Å². The standard InChI is InChI=1S/C15H23N3O2/c1-18-8-7-12(11-18)9-16-10-15(19)17-13-3-5-14(20-2)6-4-13/h3-6,12,16H,7-11H2,1-2H3,(H,17,19). The van der Waals surface area contributed by atoms with Crippen molar-refractivity contribution >= 4 is 11.6 Å². The van der Waals surface area contributed by atoms with Gasteiger partial charge in [-0.3, -0.25) is 4.79 Å². The number of nitrogens with one attached hydrogen (secondary N) is 2. The van der Waals surface area contributed by atoms with E-state index in [-0.39, 0.29) is 5.91 Å². The molecule has 20 heavy (non-hydrogen) atoms. The van der Waals surface area contributed by atoms with Gasteiger partial charge in [-0.15, -0.1) is 0 Å². The molecule has 2 rings (SSSR count). The summed E-state index contributed by atoms with van der Waals surface area (Å²) < 4.78 is 5.08. The molecule has 1 aliphatic rings. The molecule has 0 saturated carbocycles. The number of rotatable bonds is 6. The summed E-state index contributed by atoms with van der Waals surface area (Å²) in [6, 6.07) is 7.33. The Morgan fingerprint density at radius 2 is 2.15 bits per heavy atom. The monoisotopic (exact) mass is 277 g/mol. The maximum absolute atomic E-state index is 11.8. The van der Waals surface area contributed by atoms with Crippen LogP contribution in [0.25, 0.3) is 0 Å². The van der Waals surface area contributed by atoms with E-state index in [1.165, 1.54) is 6.42 Å². The molecule has 0 radical (unpaired) electrons. The SMILES string of the molecule is COc1ccc(NC(=O)CNCC2CCN(C)C2)cc1. The molecule has 5 heteroatoms. The zero-order chi connectivity index (χ0) is 14.4. The van der Waals surface area contributed by atoms with Gasteiger partial charge in [-0.05, 0) is 56.7 Å². The van der Waals surface area contributed by atoms with Crippen molar-refractivity contribution in [2.75, 3.05) is 45.7 Å². The van der Waals surface area contributed by atoms with E-state index in [2.05, 4.69) is 22.6 Å². The summed E-state index contributed by atoms with van der Waals surface area (Å²) in [4.78, 5) is 14.1. The van der Waals surface area contributed by atoms with Crippen molar-refractivity contribution in [3.05, 3.63) is 24.3 Å². The Morgan fingerprint density at radius 1 is 1.40 bits per heavy atom. The maximum atomic E-state index is 11.8. The molecule has 1 heterocycles. The Kier molecular flexibility index (Phi) is 5.38. The third kappa shape index (κ3) is 4.51. The minimum absolute atomic E-state index is 0.0125. The molecule has 110 valence electrons. The Balaban J connectivity index is 1.67. The largest absolute Gasteiger partial charge is 0.497 e. The molecule has 0 bridgehead atoms. The molecule has 1 unspecified atom stereocenters. The number of likely N-dealkylation sites (tertiary alicyclic amines) is 1. The van der Waals surface area contributed by atoms with E-state index in [1.807, 2.05) is 24.3 Å². The van der Waals surface area contributed by atoms with Gasteiger partial charge in [-0.2, -0.15) is 0 Å². The molecule has 5 nitrogen and oxygen atoms in total. The summed E-state index contributed by atoms with van der Waals surface area (Å²) in [5, 5.41) is 6.09. The molecule has 1 aromatic carbocycles. The normalized spacial score (nSPS) is 19.0. The van der Waals surface area contributed by atoms with Gasteiger partial charge < -0.3 is 20.3 Å². The third-order valence-electron chi connectivity index (χ3n) is 3.58. The topological polar surface area (TPSA) is 53.6 Å². The average molecular weight is 277 g/mol. The van der Waals surface area contributed by atoms with Gasteiger partial charge >= 0.3 is 0 Å². The third-order valence-corrected chi connectivity index (χ3v) is 3.58. The number of hydrogen-bond donors (Lipinski definition) is 2. The van der Waals surface area contributed by atoms with E-state index in [0.717, 1.165) is 31.1 Å². The molecular formula is C15H23N3O2. The van der Waals surface area contributed by atoms with Crippen LogP contribution in [0, 0.1) is 5.92 Å². The van der Waals surface area contributed by atoms with E-state index in [0.29, 0.717) is 12.5 Å². The van der Waals surface area contributed by atoms with Crippen LogP contribution in [0.1, 0.15) is 6.42 Å². The summed E-state index contributed by atoms with van der Waals surface area (Å²) in [5.41, 5.74) is 0.790. The molecule has 1 atom stereocenters. The second kappa shape index (κ2) is 7.26. The highest BCUT2D eigenvalue weighted by atomic mass is 16.5. The molecule has 0 spiro atoms. The number of carbonyl (C=O) groups is 1. The van der Waals surface area contributed by atoms with Gasteiger partial charge in [0.1, 0.15) is 5.75 Å². The molecule has 1 fully saturated rings. The first-order chi connectivity index (χ1) is 9.67. The van der Waals surface area contributed by atoms with Gasteiger partial charge in [0.2, 0.25) is 5.91 Å². The second-order valence-electron chi connectivity index (χ2n) is 5.32. The van der Waals surface area contributed by atoms with Crippen molar-refractivity contribution in [3.8, 4) is 5.75 Å². The Bertz CT molecular complexity index is 433. The number of hydrogen-bond acceptors (Lipinski definition) is 4. The molecule has 1 aromatic rings. The maximum Gasteiger partial charge on any atom is 0.238 e. The lowest BCUT2D eigenvalue weighted by Gasteiger charge is -2.12. The highest BCUT2D eigenvalue weighted by Gasteiger charge is 2.18. The fourth-order valence-corrected chi connectivity index (χ4v) is 2.46. The lowest BCUT2D eigenvalue weighted by atomic mass is 10.1. The van der Waals surface area contributed by atoms with Crippen LogP contribution in [0.3, 0.4) is 0 Å². The number of nitrogens with zero attached hydrogens (tertiary/aromatic N) is 1. The lowest BCUT2D eigenvalue weighted by Crippen LogP contribution is -2.32. The minimum atomic E-state index is -0.0125. The van der Waals surface area contributed by atoms with Gasteiger partial charge in [0.05, 0.1) is 13.7 Å². The van der Waals surface area contributed by atoms with Crippen molar-refractivity contribution in [1.29, 1.82) is 0 Å². The molecular weight excluding hydrogens is 254 g/mol. The fraction of sp³-hybridized carbons (Fsp3) is 0.533. The van der Waals surface area contributed by atoms with Crippen LogP contribution in [-0.2, 0) is 4.79 Å². The van der Waals surface area contributed by atoms with Gasteiger partial charge in [0, 0.05) is 12.2 Å². The highest BCUT2D eigenvalue weighted by molar-refractivity contribution is 5.92. The predicted molar refractivity (Wildman–Crippen MR) is 80.1 cm³/mol. The minimum Gasteiger partial charge on any atom is -0.497 e. The van der Waals surface area contributed by atoms with E-state index in [1.54, 1.807) is 7.11 Å². The van der Waals surface area contributed by atoms with Crippen molar-refractivity contribution in [3.63, 3.8) is 0 Å². The van der Waals surface area contributed by atoms with Crippen LogP contribution in [0.15, 0.2) is 24.3 Å². The first kappa shape index (κ1) is 14.8. The van der Waals surface area contributed by atoms with Crippen LogP contribution < -0.4 is 15.4 Å². The smallest absolute Gasteiger partial charge is 0.238 e. The number of carbonyl (C=O) groups excluding carboxylic acids is 1. The number of anilines is 1. The van der Waals surface area contributed by atoms with Crippen LogP contribution in [0.2, 0.25) is 0 Å².